The summed E-state index contributed by atoms with van der Waals surface area (Å²) >= 11 is 6.30. The van der Waals surface area contributed by atoms with Crippen molar-refractivity contribution in [1.82, 2.24) is 15.0 Å². The van der Waals surface area contributed by atoms with Crippen LogP contribution in [0.2, 0.25) is 5.02 Å². The van der Waals surface area contributed by atoms with Gasteiger partial charge in [0.25, 0.3) is 0 Å². The van der Waals surface area contributed by atoms with Crippen LogP contribution in [0.5, 0.6) is 0 Å². The minimum atomic E-state index is -0.285. The Kier molecular flexibility index (Phi) is 3.24. The van der Waals surface area contributed by atoms with Gasteiger partial charge >= 0.3 is 0 Å². The lowest BCUT2D eigenvalue weighted by Gasteiger charge is -2.17. The first-order valence-electron chi connectivity index (χ1n) is 7.24. The largest absolute Gasteiger partial charge is 0.391 e. The number of nitrogens with one attached hydrogen (secondary N) is 1. The number of benzene rings is 1. The fraction of sp³-hybridized carbons (Fsp3) is 0.250. The number of halogens is 1. The summed E-state index contributed by atoms with van der Waals surface area (Å²) in [5.74, 6) is 1.55. The standard InChI is InChI=1S/C16H15ClN4O/c17-12-8-18-15(21-6-5-10(22)9-21)7-11(12)16-19-13-3-1-2-4-14(13)20-16/h1-4,7-8,10,22H,5-6,9H2,(H,19,20). The Morgan fingerprint density at radius 2 is 2.18 bits per heavy atom. The Morgan fingerprint density at radius 1 is 1.32 bits per heavy atom. The average Bonchev–Trinajstić information content (AvgIpc) is 3.13. The number of aromatic nitrogens is 3. The van der Waals surface area contributed by atoms with E-state index in [1.807, 2.05) is 30.3 Å². The Morgan fingerprint density at radius 3 is 2.95 bits per heavy atom. The molecule has 0 saturated carbocycles. The number of hydrogen-bond donors (Lipinski definition) is 2. The molecule has 1 aliphatic rings. The maximum Gasteiger partial charge on any atom is 0.140 e. The monoisotopic (exact) mass is 314 g/mol. The summed E-state index contributed by atoms with van der Waals surface area (Å²) in [6.45, 7) is 1.41. The van der Waals surface area contributed by atoms with Gasteiger partial charge in [-0.25, -0.2) is 9.97 Å². The molecular weight excluding hydrogens is 300 g/mol. The zero-order chi connectivity index (χ0) is 15.1. The highest BCUT2D eigenvalue weighted by atomic mass is 35.5. The molecule has 1 fully saturated rings. The topological polar surface area (TPSA) is 65.0 Å². The number of aliphatic hydroxyl groups excluding tert-OH is 1. The highest BCUT2D eigenvalue weighted by Gasteiger charge is 2.22. The van der Waals surface area contributed by atoms with Crippen molar-refractivity contribution in [3.8, 4) is 11.4 Å². The molecule has 112 valence electrons. The molecule has 2 N–H and O–H groups in total. The minimum Gasteiger partial charge on any atom is -0.391 e. The second-order valence-corrected chi connectivity index (χ2v) is 5.92. The summed E-state index contributed by atoms with van der Waals surface area (Å²) in [5.41, 5.74) is 2.70. The van der Waals surface area contributed by atoms with E-state index in [0.717, 1.165) is 41.2 Å². The lowest BCUT2D eigenvalue weighted by molar-refractivity contribution is 0.198. The highest BCUT2D eigenvalue weighted by Crippen LogP contribution is 2.30. The van der Waals surface area contributed by atoms with Crippen LogP contribution in [0.3, 0.4) is 0 Å². The van der Waals surface area contributed by atoms with Crippen LogP contribution < -0.4 is 4.90 Å². The molecular formula is C16H15ClN4O. The molecule has 1 aliphatic heterocycles. The Hall–Kier alpha value is -2.11. The van der Waals surface area contributed by atoms with Crippen LogP contribution in [-0.4, -0.2) is 39.3 Å². The first-order chi connectivity index (χ1) is 10.7. The zero-order valence-corrected chi connectivity index (χ0v) is 12.6. The number of hydrogen-bond acceptors (Lipinski definition) is 4. The van der Waals surface area contributed by atoms with Crippen LogP contribution in [0.25, 0.3) is 22.4 Å². The van der Waals surface area contributed by atoms with Crippen molar-refractivity contribution in [3.05, 3.63) is 41.6 Å². The van der Waals surface area contributed by atoms with Gasteiger partial charge in [-0.05, 0) is 24.6 Å². The van der Waals surface area contributed by atoms with E-state index in [9.17, 15) is 5.11 Å². The van der Waals surface area contributed by atoms with Crippen LogP contribution >= 0.6 is 11.6 Å². The number of imidazole rings is 1. The Balaban J connectivity index is 1.77. The van der Waals surface area contributed by atoms with Crippen molar-refractivity contribution in [3.63, 3.8) is 0 Å². The molecule has 22 heavy (non-hydrogen) atoms. The number of nitrogens with zero attached hydrogens (tertiary/aromatic N) is 3. The third-order valence-electron chi connectivity index (χ3n) is 3.97. The fourth-order valence-corrected chi connectivity index (χ4v) is 3.01. The van der Waals surface area contributed by atoms with Crippen molar-refractivity contribution in [2.75, 3.05) is 18.0 Å². The van der Waals surface area contributed by atoms with Gasteiger partial charge in [-0.1, -0.05) is 23.7 Å². The van der Waals surface area contributed by atoms with Crippen LogP contribution in [-0.2, 0) is 0 Å². The maximum absolute atomic E-state index is 9.68. The molecule has 1 aromatic carbocycles. The summed E-state index contributed by atoms with van der Waals surface area (Å²) in [5, 5.41) is 10.2. The van der Waals surface area contributed by atoms with Crippen molar-refractivity contribution in [2.45, 2.75) is 12.5 Å². The van der Waals surface area contributed by atoms with Crippen molar-refractivity contribution in [1.29, 1.82) is 0 Å². The van der Waals surface area contributed by atoms with E-state index in [-0.39, 0.29) is 6.10 Å². The number of aromatic amines is 1. The lowest BCUT2D eigenvalue weighted by atomic mass is 10.2. The molecule has 2 aromatic heterocycles. The summed E-state index contributed by atoms with van der Waals surface area (Å²) in [7, 11) is 0. The SMILES string of the molecule is OC1CCN(c2cc(-c3nc4ccccc4[nH]3)c(Cl)cn2)C1. The summed E-state index contributed by atoms with van der Waals surface area (Å²) in [4.78, 5) is 14.3. The van der Waals surface area contributed by atoms with Crippen molar-refractivity contribution < 1.29 is 5.11 Å². The molecule has 5 nitrogen and oxygen atoms in total. The number of β-amino-alcohol motifs (C(OH)–C–C–N with tert-alkyl or cyclic N) is 1. The van der Waals surface area contributed by atoms with E-state index >= 15 is 0 Å². The van der Waals surface area contributed by atoms with Gasteiger partial charge in [0.2, 0.25) is 0 Å². The summed E-state index contributed by atoms with van der Waals surface area (Å²) in [6.07, 6.45) is 2.13. The fourth-order valence-electron chi connectivity index (χ4n) is 2.81. The molecule has 1 atom stereocenters. The zero-order valence-electron chi connectivity index (χ0n) is 11.8. The number of aliphatic hydroxyl groups is 1. The predicted octanol–water partition coefficient (Wildman–Crippen LogP) is 2.85. The molecule has 3 heterocycles. The van der Waals surface area contributed by atoms with Crippen LogP contribution in [0.1, 0.15) is 6.42 Å². The third-order valence-corrected chi connectivity index (χ3v) is 4.27. The van der Waals surface area contributed by atoms with Gasteiger partial charge in [-0.3, -0.25) is 0 Å². The molecule has 1 saturated heterocycles. The number of rotatable bonds is 2. The highest BCUT2D eigenvalue weighted by molar-refractivity contribution is 6.33. The first-order valence-corrected chi connectivity index (χ1v) is 7.62. The normalized spacial score (nSPS) is 18.3. The molecule has 0 spiro atoms. The van der Waals surface area contributed by atoms with E-state index in [1.165, 1.54) is 0 Å². The van der Waals surface area contributed by atoms with Crippen LogP contribution in [0, 0.1) is 0 Å². The van der Waals surface area contributed by atoms with Gasteiger partial charge in [0.1, 0.15) is 11.6 Å². The van der Waals surface area contributed by atoms with E-state index in [0.29, 0.717) is 11.6 Å². The minimum absolute atomic E-state index is 0.285. The van der Waals surface area contributed by atoms with E-state index in [1.54, 1.807) is 6.20 Å². The second-order valence-electron chi connectivity index (χ2n) is 5.51. The summed E-state index contributed by atoms with van der Waals surface area (Å²) < 4.78 is 0. The molecule has 4 rings (SSSR count). The van der Waals surface area contributed by atoms with Crippen LogP contribution in [0.15, 0.2) is 36.5 Å². The van der Waals surface area contributed by atoms with Gasteiger partial charge in [-0.15, -0.1) is 0 Å². The smallest absolute Gasteiger partial charge is 0.140 e. The number of para-hydroxylation sites is 2. The molecule has 0 bridgehead atoms. The summed E-state index contributed by atoms with van der Waals surface area (Å²) in [6, 6.07) is 9.80. The van der Waals surface area contributed by atoms with Crippen molar-refractivity contribution >= 4 is 28.5 Å². The molecule has 0 radical (unpaired) electrons. The van der Waals surface area contributed by atoms with Gasteiger partial charge in [0, 0.05) is 24.8 Å². The Labute approximate surface area is 132 Å². The third kappa shape index (κ3) is 2.32. The van der Waals surface area contributed by atoms with Gasteiger partial charge in [0.05, 0.1) is 22.2 Å². The Bertz CT molecular complexity index is 799. The second kappa shape index (κ2) is 5.26. The van der Waals surface area contributed by atoms with Gasteiger partial charge < -0.3 is 15.0 Å². The molecule has 6 heteroatoms. The quantitative estimate of drug-likeness (QED) is 0.763. The molecule has 0 amide bonds. The maximum atomic E-state index is 9.68. The molecule has 0 aliphatic carbocycles. The van der Waals surface area contributed by atoms with Gasteiger partial charge in [0.15, 0.2) is 0 Å². The first kappa shape index (κ1) is 13.5. The van der Waals surface area contributed by atoms with Crippen molar-refractivity contribution in [2.24, 2.45) is 0 Å². The average molecular weight is 315 g/mol. The van der Waals surface area contributed by atoms with E-state index in [2.05, 4.69) is 19.9 Å². The molecule has 1 unspecified atom stereocenters. The van der Waals surface area contributed by atoms with Crippen LogP contribution in [0.4, 0.5) is 5.82 Å². The molecule has 3 aromatic rings. The lowest BCUT2D eigenvalue weighted by Crippen LogP contribution is -2.22. The van der Waals surface area contributed by atoms with Gasteiger partial charge in [-0.2, -0.15) is 0 Å². The number of anilines is 1. The predicted molar refractivity (Wildman–Crippen MR) is 87.2 cm³/mol. The van der Waals surface area contributed by atoms with E-state index < -0.39 is 0 Å². The number of fused-ring (bicyclic) bond motifs is 1. The van der Waals surface area contributed by atoms with E-state index in [4.69, 9.17) is 11.6 Å². The number of pyridine rings is 1. The number of H-pyrrole nitrogens is 1.